The van der Waals surface area contributed by atoms with Gasteiger partial charge in [0.2, 0.25) is 0 Å². The zero-order chi connectivity index (χ0) is 7.68. The lowest BCUT2D eigenvalue weighted by molar-refractivity contribution is 0.217. The first-order valence-corrected chi connectivity index (χ1v) is 4.89. The topological polar surface area (TPSA) is 15.3 Å². The molecule has 1 N–H and O–H groups in total. The summed E-state index contributed by atoms with van der Waals surface area (Å²) in [4.78, 5) is 2.57. The second kappa shape index (κ2) is 3.11. The molecular formula is C9H18N2. The fourth-order valence-electron chi connectivity index (χ4n) is 2.48. The molecule has 64 valence electrons. The molecule has 0 aromatic heterocycles. The van der Waals surface area contributed by atoms with E-state index in [9.17, 15) is 0 Å². The molecule has 0 aromatic rings. The first-order valence-electron chi connectivity index (χ1n) is 4.89. The second-order valence-electron chi connectivity index (χ2n) is 3.73. The maximum atomic E-state index is 3.59. The molecular weight excluding hydrogens is 136 g/mol. The Labute approximate surface area is 69.0 Å². The summed E-state index contributed by atoms with van der Waals surface area (Å²) < 4.78 is 0. The lowest BCUT2D eigenvalue weighted by atomic mass is 9.91. The van der Waals surface area contributed by atoms with Crippen molar-refractivity contribution in [1.82, 2.24) is 10.2 Å². The van der Waals surface area contributed by atoms with Crippen LogP contribution in [-0.4, -0.2) is 30.2 Å². The van der Waals surface area contributed by atoms with E-state index in [1.165, 1.54) is 32.2 Å². The molecule has 2 fully saturated rings. The molecule has 11 heavy (non-hydrogen) atoms. The van der Waals surface area contributed by atoms with Crippen LogP contribution in [0.1, 0.15) is 32.6 Å². The van der Waals surface area contributed by atoms with Crippen molar-refractivity contribution in [2.24, 2.45) is 0 Å². The number of fused-ring (bicyclic) bond motifs is 1. The highest BCUT2D eigenvalue weighted by atomic mass is 15.3. The van der Waals surface area contributed by atoms with Gasteiger partial charge in [0, 0.05) is 18.8 Å². The zero-order valence-electron chi connectivity index (χ0n) is 7.34. The van der Waals surface area contributed by atoms with Crippen LogP contribution < -0.4 is 5.32 Å². The Morgan fingerprint density at radius 3 is 3.00 bits per heavy atom. The lowest BCUT2D eigenvalue weighted by Crippen LogP contribution is -2.38. The molecule has 0 spiro atoms. The maximum Gasteiger partial charge on any atom is 0.0486 e. The van der Waals surface area contributed by atoms with Gasteiger partial charge in [-0.1, -0.05) is 19.8 Å². The minimum atomic E-state index is 0.823. The lowest BCUT2D eigenvalue weighted by Gasteiger charge is -2.29. The molecule has 2 rings (SSSR count). The van der Waals surface area contributed by atoms with Crippen molar-refractivity contribution in [3.63, 3.8) is 0 Å². The first-order chi connectivity index (χ1) is 5.42. The molecule has 2 unspecified atom stereocenters. The third-order valence-corrected chi connectivity index (χ3v) is 3.16. The van der Waals surface area contributed by atoms with Gasteiger partial charge in [0.15, 0.2) is 0 Å². The Balaban J connectivity index is 1.98. The van der Waals surface area contributed by atoms with E-state index in [1.54, 1.807) is 0 Å². The fraction of sp³-hybridized carbons (Fsp3) is 1.00. The Hall–Kier alpha value is -0.0800. The van der Waals surface area contributed by atoms with E-state index < -0.39 is 0 Å². The number of rotatable bonds is 1. The fourth-order valence-corrected chi connectivity index (χ4v) is 2.48. The summed E-state index contributed by atoms with van der Waals surface area (Å²) >= 11 is 0. The van der Waals surface area contributed by atoms with E-state index in [0.717, 1.165) is 18.8 Å². The average Bonchev–Trinajstić information content (AvgIpc) is 2.47. The number of nitrogens with one attached hydrogen (secondary N) is 1. The monoisotopic (exact) mass is 154 g/mol. The Morgan fingerprint density at radius 2 is 2.18 bits per heavy atom. The van der Waals surface area contributed by atoms with Gasteiger partial charge < -0.3 is 0 Å². The van der Waals surface area contributed by atoms with Crippen molar-refractivity contribution in [1.29, 1.82) is 0 Å². The highest BCUT2D eigenvalue weighted by molar-refractivity contribution is 4.92. The molecule has 1 aliphatic heterocycles. The van der Waals surface area contributed by atoms with Gasteiger partial charge in [-0.15, -0.1) is 0 Å². The third-order valence-electron chi connectivity index (χ3n) is 3.16. The minimum absolute atomic E-state index is 0.823. The Morgan fingerprint density at radius 1 is 1.36 bits per heavy atom. The number of nitrogens with zero attached hydrogens (tertiary/aromatic N) is 1. The van der Waals surface area contributed by atoms with E-state index in [2.05, 4.69) is 17.1 Å². The quantitative estimate of drug-likeness (QED) is 0.610. The maximum absolute atomic E-state index is 3.59. The van der Waals surface area contributed by atoms with Crippen LogP contribution in [-0.2, 0) is 0 Å². The predicted molar refractivity (Wildman–Crippen MR) is 46.4 cm³/mol. The SMILES string of the molecule is CCN1CNC2CCCCC21. The van der Waals surface area contributed by atoms with Crippen molar-refractivity contribution in [3.8, 4) is 0 Å². The van der Waals surface area contributed by atoms with Crippen LogP contribution in [0, 0.1) is 0 Å². The van der Waals surface area contributed by atoms with Crippen molar-refractivity contribution in [3.05, 3.63) is 0 Å². The second-order valence-corrected chi connectivity index (χ2v) is 3.73. The molecule has 1 saturated heterocycles. The van der Waals surface area contributed by atoms with Crippen molar-refractivity contribution in [2.45, 2.75) is 44.7 Å². The number of hydrogen-bond donors (Lipinski definition) is 1. The molecule has 0 bridgehead atoms. The molecule has 2 atom stereocenters. The van der Waals surface area contributed by atoms with Crippen LogP contribution >= 0.6 is 0 Å². The third kappa shape index (κ3) is 1.30. The summed E-state index contributed by atoms with van der Waals surface area (Å²) in [5, 5.41) is 3.59. The highest BCUT2D eigenvalue weighted by Crippen LogP contribution is 2.26. The van der Waals surface area contributed by atoms with Gasteiger partial charge in [0.05, 0.1) is 0 Å². The molecule has 2 heteroatoms. The molecule has 2 nitrogen and oxygen atoms in total. The summed E-state index contributed by atoms with van der Waals surface area (Å²) in [6.07, 6.45) is 5.71. The molecule has 2 aliphatic rings. The summed E-state index contributed by atoms with van der Waals surface area (Å²) in [7, 11) is 0. The zero-order valence-corrected chi connectivity index (χ0v) is 7.34. The van der Waals surface area contributed by atoms with Gasteiger partial charge in [-0.25, -0.2) is 0 Å². The van der Waals surface area contributed by atoms with Crippen LogP contribution in [0.15, 0.2) is 0 Å². The molecule has 1 heterocycles. The Bertz CT molecular complexity index is 130. The number of likely N-dealkylation sites (N-methyl/N-ethyl adjacent to an activating group) is 1. The van der Waals surface area contributed by atoms with Crippen LogP contribution in [0.25, 0.3) is 0 Å². The first kappa shape index (κ1) is 7.56. The van der Waals surface area contributed by atoms with Crippen LogP contribution in [0.3, 0.4) is 0 Å². The number of hydrogen-bond acceptors (Lipinski definition) is 2. The molecule has 0 aromatic carbocycles. The van der Waals surface area contributed by atoms with Gasteiger partial charge in [-0.3, -0.25) is 10.2 Å². The predicted octanol–water partition coefficient (Wildman–Crippen LogP) is 1.18. The molecule has 1 saturated carbocycles. The molecule has 0 radical (unpaired) electrons. The molecule has 1 aliphatic carbocycles. The molecule has 0 amide bonds. The van der Waals surface area contributed by atoms with E-state index >= 15 is 0 Å². The van der Waals surface area contributed by atoms with Crippen LogP contribution in [0.4, 0.5) is 0 Å². The van der Waals surface area contributed by atoms with Crippen LogP contribution in [0.2, 0.25) is 0 Å². The van der Waals surface area contributed by atoms with Crippen molar-refractivity contribution < 1.29 is 0 Å². The van der Waals surface area contributed by atoms with Gasteiger partial charge in [-0.2, -0.15) is 0 Å². The van der Waals surface area contributed by atoms with Gasteiger partial charge in [-0.05, 0) is 19.4 Å². The largest absolute Gasteiger partial charge is 0.300 e. The standard InChI is InChI=1S/C9H18N2/c1-2-11-7-10-8-5-3-4-6-9(8)11/h8-10H,2-7H2,1H3. The summed E-state index contributed by atoms with van der Waals surface area (Å²) in [5.74, 6) is 0. The minimum Gasteiger partial charge on any atom is -0.300 e. The Kier molecular flexibility index (Phi) is 2.14. The van der Waals surface area contributed by atoms with Crippen LogP contribution in [0.5, 0.6) is 0 Å². The van der Waals surface area contributed by atoms with E-state index in [1.807, 2.05) is 0 Å². The van der Waals surface area contributed by atoms with Crippen molar-refractivity contribution in [2.75, 3.05) is 13.2 Å². The summed E-state index contributed by atoms with van der Waals surface area (Å²) in [6.45, 7) is 4.61. The average molecular weight is 154 g/mol. The van der Waals surface area contributed by atoms with E-state index in [4.69, 9.17) is 0 Å². The smallest absolute Gasteiger partial charge is 0.0486 e. The van der Waals surface area contributed by atoms with Gasteiger partial charge in [0.25, 0.3) is 0 Å². The van der Waals surface area contributed by atoms with E-state index in [-0.39, 0.29) is 0 Å². The van der Waals surface area contributed by atoms with Gasteiger partial charge >= 0.3 is 0 Å². The summed E-state index contributed by atoms with van der Waals surface area (Å²) in [5.41, 5.74) is 0. The normalized spacial score (nSPS) is 39.0. The summed E-state index contributed by atoms with van der Waals surface area (Å²) in [6, 6.07) is 1.69. The highest BCUT2D eigenvalue weighted by Gasteiger charge is 2.33. The van der Waals surface area contributed by atoms with E-state index in [0.29, 0.717) is 0 Å². The van der Waals surface area contributed by atoms with Crippen molar-refractivity contribution >= 4 is 0 Å². The van der Waals surface area contributed by atoms with Gasteiger partial charge in [0.1, 0.15) is 0 Å².